The lowest BCUT2D eigenvalue weighted by Crippen LogP contribution is -2.54. The summed E-state index contributed by atoms with van der Waals surface area (Å²) < 4.78 is 28.6. The average Bonchev–Trinajstić information content (AvgIpc) is 2.80. The van der Waals surface area contributed by atoms with Crippen molar-refractivity contribution in [3.05, 3.63) is 95.8 Å². The molecule has 1 aliphatic heterocycles. The second-order valence-electron chi connectivity index (χ2n) is 9.83. The van der Waals surface area contributed by atoms with Crippen LogP contribution in [0.3, 0.4) is 0 Å². The quantitative estimate of drug-likeness (QED) is 0.542. The first-order valence-electron chi connectivity index (χ1n) is 11.5. The zero-order valence-corrected chi connectivity index (χ0v) is 20.7. The van der Waals surface area contributed by atoms with Gasteiger partial charge >= 0.3 is 0 Å². The second-order valence-corrected chi connectivity index (χ2v) is 11.7. The third-order valence-electron chi connectivity index (χ3n) is 6.43. The van der Waals surface area contributed by atoms with Crippen LogP contribution in [0.4, 0.5) is 0 Å². The lowest BCUT2D eigenvalue weighted by molar-refractivity contribution is 0.117. The van der Waals surface area contributed by atoms with E-state index in [4.69, 9.17) is 0 Å². The number of rotatable bonds is 5. The molecule has 0 aliphatic carbocycles. The normalized spacial score (nSPS) is 19.3. The SMILES string of the molecule is C[C@@H]1CN(C(c2ccccc2)c2ccncc2)CCN1S(=O)(=O)c1ccc(C(C)(C)C)cc1. The summed E-state index contributed by atoms with van der Waals surface area (Å²) in [5.41, 5.74) is 3.48. The van der Waals surface area contributed by atoms with Gasteiger partial charge in [-0.15, -0.1) is 0 Å². The van der Waals surface area contributed by atoms with Gasteiger partial charge in [-0.25, -0.2) is 8.42 Å². The first-order chi connectivity index (χ1) is 15.7. The van der Waals surface area contributed by atoms with E-state index in [0.29, 0.717) is 24.5 Å². The lowest BCUT2D eigenvalue weighted by Gasteiger charge is -2.42. The van der Waals surface area contributed by atoms with Crippen molar-refractivity contribution in [2.75, 3.05) is 19.6 Å². The predicted molar refractivity (Wildman–Crippen MR) is 133 cm³/mol. The summed E-state index contributed by atoms with van der Waals surface area (Å²) in [6, 6.07) is 21.8. The summed E-state index contributed by atoms with van der Waals surface area (Å²) in [5.74, 6) is 0. The largest absolute Gasteiger partial charge is 0.289 e. The van der Waals surface area contributed by atoms with Crippen LogP contribution in [-0.4, -0.2) is 48.3 Å². The Kier molecular flexibility index (Phi) is 6.71. The summed E-state index contributed by atoms with van der Waals surface area (Å²) in [6.07, 6.45) is 3.63. The summed E-state index contributed by atoms with van der Waals surface area (Å²) in [5, 5.41) is 0. The van der Waals surface area contributed by atoms with Crippen LogP contribution in [0, 0.1) is 0 Å². The Balaban J connectivity index is 1.57. The number of piperazine rings is 1. The van der Waals surface area contributed by atoms with Gasteiger partial charge in [-0.3, -0.25) is 9.88 Å². The van der Waals surface area contributed by atoms with Gasteiger partial charge in [0.15, 0.2) is 0 Å². The van der Waals surface area contributed by atoms with E-state index in [9.17, 15) is 8.42 Å². The average molecular weight is 464 g/mol. The molecule has 2 atom stereocenters. The minimum Gasteiger partial charge on any atom is -0.289 e. The molecule has 0 saturated carbocycles. The molecule has 1 aliphatic rings. The maximum absolute atomic E-state index is 13.5. The molecular formula is C27H33N3O2S. The molecule has 6 heteroatoms. The number of sulfonamides is 1. The molecule has 0 bridgehead atoms. The van der Waals surface area contributed by atoms with Gasteiger partial charge in [0.2, 0.25) is 10.0 Å². The molecule has 174 valence electrons. The van der Waals surface area contributed by atoms with E-state index in [0.717, 1.165) is 11.1 Å². The van der Waals surface area contributed by atoms with Gasteiger partial charge in [-0.2, -0.15) is 4.31 Å². The Labute approximate surface area is 198 Å². The molecule has 2 heterocycles. The first kappa shape index (κ1) is 23.6. The predicted octanol–water partition coefficient (Wildman–Crippen LogP) is 4.86. The molecular weight excluding hydrogens is 430 g/mol. The Hall–Kier alpha value is -2.54. The van der Waals surface area contributed by atoms with Gasteiger partial charge in [-0.1, -0.05) is 63.2 Å². The van der Waals surface area contributed by atoms with E-state index >= 15 is 0 Å². The first-order valence-corrected chi connectivity index (χ1v) is 12.9. The van der Waals surface area contributed by atoms with Gasteiger partial charge in [0.05, 0.1) is 10.9 Å². The van der Waals surface area contributed by atoms with Crippen LogP contribution in [0.15, 0.2) is 84.0 Å². The smallest absolute Gasteiger partial charge is 0.243 e. The topological polar surface area (TPSA) is 53.5 Å². The fourth-order valence-electron chi connectivity index (χ4n) is 4.62. The van der Waals surface area contributed by atoms with E-state index in [-0.39, 0.29) is 17.5 Å². The molecule has 1 fully saturated rings. The Morgan fingerprint density at radius 3 is 2.06 bits per heavy atom. The maximum Gasteiger partial charge on any atom is 0.243 e. The lowest BCUT2D eigenvalue weighted by atomic mass is 9.87. The van der Waals surface area contributed by atoms with E-state index in [2.05, 4.69) is 54.9 Å². The molecule has 2 aromatic carbocycles. The molecule has 0 amide bonds. The Morgan fingerprint density at radius 1 is 0.879 bits per heavy atom. The minimum absolute atomic E-state index is 0.0133. The maximum atomic E-state index is 13.5. The van der Waals surface area contributed by atoms with Crippen LogP contribution in [-0.2, 0) is 15.4 Å². The van der Waals surface area contributed by atoms with Crippen LogP contribution in [0.5, 0.6) is 0 Å². The molecule has 1 unspecified atom stereocenters. The van der Waals surface area contributed by atoms with Crippen LogP contribution in [0.1, 0.15) is 50.4 Å². The van der Waals surface area contributed by atoms with Crippen molar-refractivity contribution in [1.29, 1.82) is 0 Å². The molecule has 0 spiro atoms. The number of aromatic nitrogens is 1. The number of hydrogen-bond acceptors (Lipinski definition) is 4. The Bertz CT molecular complexity index is 1120. The molecule has 0 radical (unpaired) electrons. The van der Waals surface area contributed by atoms with E-state index in [1.165, 1.54) is 5.56 Å². The van der Waals surface area contributed by atoms with Crippen LogP contribution in [0.25, 0.3) is 0 Å². The monoisotopic (exact) mass is 463 g/mol. The van der Waals surface area contributed by atoms with Gasteiger partial charge in [0.1, 0.15) is 0 Å². The summed E-state index contributed by atoms with van der Waals surface area (Å²) in [7, 11) is -3.56. The highest BCUT2D eigenvalue weighted by Gasteiger charge is 2.36. The zero-order valence-electron chi connectivity index (χ0n) is 19.8. The van der Waals surface area contributed by atoms with Crippen molar-refractivity contribution < 1.29 is 8.42 Å². The minimum atomic E-state index is -3.56. The fraction of sp³-hybridized carbons (Fsp3) is 0.370. The summed E-state index contributed by atoms with van der Waals surface area (Å²) >= 11 is 0. The number of benzene rings is 2. The highest BCUT2D eigenvalue weighted by atomic mass is 32.2. The van der Waals surface area contributed by atoms with Crippen molar-refractivity contribution in [2.45, 2.75) is 50.1 Å². The van der Waals surface area contributed by atoms with Crippen molar-refractivity contribution >= 4 is 10.0 Å². The number of nitrogens with zero attached hydrogens (tertiary/aromatic N) is 3. The zero-order chi connectivity index (χ0) is 23.6. The highest BCUT2D eigenvalue weighted by molar-refractivity contribution is 7.89. The summed E-state index contributed by atoms with van der Waals surface area (Å²) in [4.78, 5) is 6.92. The number of pyridine rings is 1. The van der Waals surface area contributed by atoms with Crippen LogP contribution >= 0.6 is 0 Å². The van der Waals surface area contributed by atoms with E-state index < -0.39 is 10.0 Å². The molecule has 1 saturated heterocycles. The molecule has 0 N–H and O–H groups in total. The molecule has 5 nitrogen and oxygen atoms in total. The highest BCUT2D eigenvalue weighted by Crippen LogP contribution is 2.32. The van der Waals surface area contributed by atoms with Crippen LogP contribution in [0.2, 0.25) is 0 Å². The molecule has 33 heavy (non-hydrogen) atoms. The van der Waals surface area contributed by atoms with Crippen molar-refractivity contribution in [3.8, 4) is 0 Å². The van der Waals surface area contributed by atoms with Crippen molar-refractivity contribution in [2.24, 2.45) is 0 Å². The van der Waals surface area contributed by atoms with Crippen molar-refractivity contribution in [3.63, 3.8) is 0 Å². The van der Waals surface area contributed by atoms with E-state index in [1.54, 1.807) is 16.4 Å². The third kappa shape index (κ3) is 5.03. The molecule has 1 aromatic heterocycles. The van der Waals surface area contributed by atoms with Crippen molar-refractivity contribution in [1.82, 2.24) is 14.2 Å². The number of hydrogen-bond donors (Lipinski definition) is 0. The Morgan fingerprint density at radius 2 is 1.48 bits per heavy atom. The van der Waals surface area contributed by atoms with Gasteiger partial charge in [0, 0.05) is 38.1 Å². The third-order valence-corrected chi connectivity index (χ3v) is 8.45. The fourth-order valence-corrected chi connectivity index (χ4v) is 6.23. The summed E-state index contributed by atoms with van der Waals surface area (Å²) in [6.45, 7) is 10.2. The van der Waals surface area contributed by atoms with Gasteiger partial charge < -0.3 is 0 Å². The van der Waals surface area contributed by atoms with Gasteiger partial charge in [-0.05, 0) is 53.3 Å². The van der Waals surface area contributed by atoms with Gasteiger partial charge in [0.25, 0.3) is 0 Å². The standard InChI is InChI=1S/C27H33N3O2S/c1-21-20-29(26(22-8-6-5-7-9-22)23-14-16-28-17-15-23)18-19-30(21)33(31,32)25-12-10-24(11-13-25)27(2,3)4/h5-17,21,26H,18-20H2,1-4H3/t21-,26?/m1/s1. The second kappa shape index (κ2) is 9.37. The molecule has 3 aromatic rings. The van der Waals surface area contributed by atoms with E-state index in [1.807, 2.05) is 49.6 Å². The molecule has 4 rings (SSSR count). The van der Waals surface area contributed by atoms with Crippen LogP contribution < -0.4 is 0 Å².